The van der Waals surface area contributed by atoms with Crippen LogP contribution in [-0.2, 0) is 0 Å². The van der Waals surface area contributed by atoms with E-state index in [2.05, 4.69) is 127 Å². The lowest BCUT2D eigenvalue weighted by Gasteiger charge is -2.13. The third-order valence-electron chi connectivity index (χ3n) is 10.4. The molecule has 0 fully saturated rings. The van der Waals surface area contributed by atoms with E-state index < -0.39 is 0 Å². The standard InChI is InChI=1S/C49H29N3O2/c1-3-14-30(15-4-1)32-26-27-36-41-29-42(34-19-8-9-21-37(34)46(41)54-44(36)28-32)49-51-47(39-22-10-7-18-33(39)31-16-5-2-6-17-31)50-48(52-49)40-24-13-23-38-35-20-11-12-25-43(35)53-45(38)40/h1-29H. The van der Waals surface area contributed by atoms with Crippen molar-refractivity contribution in [3.63, 3.8) is 0 Å². The van der Waals surface area contributed by atoms with Gasteiger partial charge in [-0.15, -0.1) is 0 Å². The molecule has 0 aliphatic heterocycles. The maximum atomic E-state index is 6.68. The fourth-order valence-electron chi connectivity index (χ4n) is 7.80. The zero-order valence-corrected chi connectivity index (χ0v) is 28.9. The van der Waals surface area contributed by atoms with Crippen LogP contribution in [0.5, 0.6) is 0 Å². The Hall–Kier alpha value is -7.37. The molecule has 0 aliphatic rings. The average Bonchev–Trinajstić information content (AvgIpc) is 3.82. The summed E-state index contributed by atoms with van der Waals surface area (Å²) in [6.45, 7) is 0. The van der Waals surface area contributed by atoms with Crippen LogP contribution in [0.2, 0.25) is 0 Å². The minimum Gasteiger partial charge on any atom is -0.455 e. The molecule has 0 unspecified atom stereocenters. The summed E-state index contributed by atoms with van der Waals surface area (Å²) in [5.41, 5.74) is 10.2. The molecule has 0 saturated heterocycles. The highest BCUT2D eigenvalue weighted by molar-refractivity contribution is 6.19. The lowest BCUT2D eigenvalue weighted by atomic mass is 9.98. The summed E-state index contributed by atoms with van der Waals surface area (Å²) in [4.78, 5) is 15.8. The van der Waals surface area contributed by atoms with Crippen molar-refractivity contribution >= 4 is 54.6 Å². The SMILES string of the molecule is c1ccc(-c2ccc3c(c2)oc2c4ccccc4c(-c4nc(-c5ccccc5-c5ccccc5)nc(-c5cccc6c5oc5ccccc56)n4)cc32)cc1. The minimum absolute atomic E-state index is 0.538. The molecule has 8 aromatic carbocycles. The van der Waals surface area contributed by atoms with E-state index in [1.165, 1.54) is 0 Å². The van der Waals surface area contributed by atoms with Gasteiger partial charge in [0, 0.05) is 38.1 Å². The number of benzene rings is 8. The summed E-state index contributed by atoms with van der Waals surface area (Å²) >= 11 is 0. The van der Waals surface area contributed by atoms with Gasteiger partial charge in [-0.2, -0.15) is 0 Å². The normalized spacial score (nSPS) is 11.7. The van der Waals surface area contributed by atoms with Crippen LogP contribution in [0, 0.1) is 0 Å². The first-order valence-electron chi connectivity index (χ1n) is 18.0. The van der Waals surface area contributed by atoms with Gasteiger partial charge in [-0.05, 0) is 58.0 Å². The Morgan fingerprint density at radius 1 is 0.278 bits per heavy atom. The number of para-hydroxylation sites is 2. The highest BCUT2D eigenvalue weighted by Crippen LogP contribution is 2.42. The highest BCUT2D eigenvalue weighted by atomic mass is 16.3. The monoisotopic (exact) mass is 691 g/mol. The first kappa shape index (κ1) is 30.3. The van der Waals surface area contributed by atoms with Gasteiger partial charge in [0.25, 0.3) is 0 Å². The predicted molar refractivity (Wildman–Crippen MR) is 219 cm³/mol. The van der Waals surface area contributed by atoms with Gasteiger partial charge >= 0.3 is 0 Å². The average molecular weight is 692 g/mol. The maximum Gasteiger partial charge on any atom is 0.167 e. The van der Waals surface area contributed by atoms with E-state index >= 15 is 0 Å². The van der Waals surface area contributed by atoms with Crippen molar-refractivity contribution in [2.24, 2.45) is 0 Å². The van der Waals surface area contributed by atoms with Crippen LogP contribution >= 0.6 is 0 Å². The maximum absolute atomic E-state index is 6.68. The zero-order valence-electron chi connectivity index (χ0n) is 28.9. The summed E-state index contributed by atoms with van der Waals surface area (Å²) in [7, 11) is 0. The Kier molecular flexibility index (Phi) is 6.79. The van der Waals surface area contributed by atoms with E-state index in [-0.39, 0.29) is 0 Å². The fourth-order valence-corrected chi connectivity index (χ4v) is 7.80. The molecule has 11 rings (SSSR count). The van der Waals surface area contributed by atoms with Crippen LogP contribution in [0.15, 0.2) is 185 Å². The van der Waals surface area contributed by atoms with Crippen molar-refractivity contribution in [1.82, 2.24) is 15.0 Å². The van der Waals surface area contributed by atoms with Crippen LogP contribution in [0.4, 0.5) is 0 Å². The smallest absolute Gasteiger partial charge is 0.167 e. The third-order valence-corrected chi connectivity index (χ3v) is 10.4. The number of fused-ring (bicyclic) bond motifs is 8. The topological polar surface area (TPSA) is 65.0 Å². The van der Waals surface area contributed by atoms with Crippen LogP contribution in [0.1, 0.15) is 0 Å². The molecule has 0 aliphatic carbocycles. The molecule has 0 atom stereocenters. The van der Waals surface area contributed by atoms with Gasteiger partial charge in [0.2, 0.25) is 0 Å². The van der Waals surface area contributed by atoms with E-state index in [1.54, 1.807) is 0 Å². The van der Waals surface area contributed by atoms with Crippen LogP contribution in [0.25, 0.3) is 111 Å². The van der Waals surface area contributed by atoms with E-state index in [0.29, 0.717) is 17.5 Å². The number of furan rings is 2. The molecule has 0 N–H and O–H groups in total. The summed E-state index contributed by atoms with van der Waals surface area (Å²) in [6.07, 6.45) is 0. The Labute approximate surface area is 309 Å². The predicted octanol–water partition coefficient (Wildman–Crippen LogP) is 13.2. The van der Waals surface area contributed by atoms with Gasteiger partial charge < -0.3 is 8.83 Å². The number of hydrogen-bond acceptors (Lipinski definition) is 5. The molecule has 3 aromatic heterocycles. The highest BCUT2D eigenvalue weighted by Gasteiger charge is 2.22. The third kappa shape index (κ3) is 4.83. The molecule has 5 heteroatoms. The quantitative estimate of drug-likeness (QED) is 0.180. The molecule has 0 radical (unpaired) electrons. The first-order valence-corrected chi connectivity index (χ1v) is 18.0. The second-order valence-electron chi connectivity index (χ2n) is 13.5. The number of nitrogens with zero attached hydrogens (tertiary/aromatic N) is 3. The summed E-state index contributed by atoms with van der Waals surface area (Å²) < 4.78 is 13.2. The van der Waals surface area contributed by atoms with Gasteiger partial charge in [-0.25, -0.2) is 15.0 Å². The van der Waals surface area contributed by atoms with Gasteiger partial charge in [0.1, 0.15) is 22.3 Å². The van der Waals surface area contributed by atoms with Crippen molar-refractivity contribution < 1.29 is 8.83 Å². The molecular weight excluding hydrogens is 663 g/mol. The van der Waals surface area contributed by atoms with E-state index in [0.717, 1.165) is 93.6 Å². The number of hydrogen-bond donors (Lipinski definition) is 0. The lowest BCUT2D eigenvalue weighted by Crippen LogP contribution is -2.01. The molecule has 0 amide bonds. The Bertz CT molecular complexity index is 3220. The van der Waals surface area contributed by atoms with Crippen molar-refractivity contribution in [3.05, 3.63) is 176 Å². The Morgan fingerprint density at radius 2 is 0.815 bits per heavy atom. The Balaban J connectivity index is 1.19. The second kappa shape index (κ2) is 12.1. The lowest BCUT2D eigenvalue weighted by molar-refractivity contribution is 0.669. The van der Waals surface area contributed by atoms with Gasteiger partial charge in [-0.1, -0.05) is 146 Å². The van der Waals surface area contributed by atoms with Crippen LogP contribution in [0.3, 0.4) is 0 Å². The number of rotatable bonds is 5. The fraction of sp³-hybridized carbons (Fsp3) is 0. The summed E-state index contributed by atoms with van der Waals surface area (Å²) in [6, 6.07) is 60.3. The van der Waals surface area contributed by atoms with Gasteiger partial charge in [0.05, 0.1) is 5.56 Å². The van der Waals surface area contributed by atoms with E-state index in [1.807, 2.05) is 48.5 Å². The molecule has 5 nitrogen and oxygen atoms in total. The van der Waals surface area contributed by atoms with Crippen molar-refractivity contribution in [2.75, 3.05) is 0 Å². The van der Waals surface area contributed by atoms with Crippen LogP contribution in [-0.4, -0.2) is 15.0 Å². The molecule has 0 saturated carbocycles. The molecule has 0 bridgehead atoms. The van der Waals surface area contributed by atoms with Gasteiger partial charge in [-0.3, -0.25) is 0 Å². The largest absolute Gasteiger partial charge is 0.455 e. The molecule has 252 valence electrons. The molecule has 11 aromatic rings. The Morgan fingerprint density at radius 3 is 1.61 bits per heavy atom. The summed E-state index contributed by atoms with van der Waals surface area (Å²) in [5, 5.41) is 6.10. The molecule has 3 heterocycles. The van der Waals surface area contributed by atoms with Crippen molar-refractivity contribution in [1.29, 1.82) is 0 Å². The molecule has 54 heavy (non-hydrogen) atoms. The molecule has 0 spiro atoms. The minimum atomic E-state index is 0.538. The van der Waals surface area contributed by atoms with E-state index in [9.17, 15) is 0 Å². The molecular formula is C49H29N3O2. The van der Waals surface area contributed by atoms with Crippen molar-refractivity contribution in [3.8, 4) is 56.4 Å². The number of aromatic nitrogens is 3. The summed E-state index contributed by atoms with van der Waals surface area (Å²) in [5.74, 6) is 1.69. The zero-order chi connectivity index (χ0) is 35.6. The first-order chi connectivity index (χ1) is 26.8. The van der Waals surface area contributed by atoms with Crippen molar-refractivity contribution in [2.45, 2.75) is 0 Å². The van der Waals surface area contributed by atoms with E-state index in [4.69, 9.17) is 23.8 Å². The van der Waals surface area contributed by atoms with Crippen LogP contribution < -0.4 is 0 Å². The van der Waals surface area contributed by atoms with Gasteiger partial charge in [0.15, 0.2) is 17.5 Å². The second-order valence-corrected chi connectivity index (χ2v) is 13.5.